The Morgan fingerprint density at radius 2 is 1.54 bits per heavy atom. The van der Waals surface area contributed by atoms with Crippen LogP contribution in [0.25, 0.3) is 0 Å². The quantitative estimate of drug-likeness (QED) is 0.103. The second-order valence-electron chi connectivity index (χ2n) is 13.7. The van der Waals surface area contributed by atoms with Crippen LogP contribution in [0.2, 0.25) is 29.7 Å². The lowest BCUT2D eigenvalue weighted by Crippen LogP contribution is -2.44. The monoisotopic (exact) mass is 676 g/mol. The number of anilines is 1. The number of ether oxygens (including phenoxy) is 1. The highest BCUT2D eigenvalue weighted by molar-refractivity contribution is 6.83. The van der Waals surface area contributed by atoms with Crippen molar-refractivity contribution >= 4 is 54.7 Å². The standard InChI is InChI=1S/C37H42Cl2N2O4Si/c1-25(27-12-16-29(38)17-13-27)41-34(28-14-18-30(39)19-15-28)36(44)40(22-9-8-10-33(42)45-37(2,3)4)32-20-11-26(21-23-46(5,6)7)24-31(32)35(41)43/h11-20,24-25,34H,8-10,22H2,1-7H3. The van der Waals surface area contributed by atoms with Crippen LogP contribution in [0.5, 0.6) is 0 Å². The number of amides is 2. The van der Waals surface area contributed by atoms with E-state index < -0.39 is 25.8 Å². The number of carbonyl (C=O) groups is 3. The minimum absolute atomic E-state index is 0.233. The van der Waals surface area contributed by atoms with Gasteiger partial charge in [-0.3, -0.25) is 14.4 Å². The Hall–Kier alpha value is -3.57. The molecule has 2 amide bonds. The Labute approximate surface area is 284 Å². The van der Waals surface area contributed by atoms with Gasteiger partial charge in [0.1, 0.15) is 19.7 Å². The molecule has 0 aliphatic carbocycles. The van der Waals surface area contributed by atoms with Crippen molar-refractivity contribution in [2.45, 2.75) is 84.3 Å². The fourth-order valence-electron chi connectivity index (χ4n) is 5.33. The van der Waals surface area contributed by atoms with Gasteiger partial charge in [0, 0.05) is 28.6 Å². The van der Waals surface area contributed by atoms with E-state index in [1.807, 2.05) is 52.0 Å². The third-order valence-electron chi connectivity index (χ3n) is 7.50. The third kappa shape index (κ3) is 9.03. The van der Waals surface area contributed by atoms with Crippen molar-refractivity contribution < 1.29 is 19.1 Å². The molecule has 0 saturated carbocycles. The molecule has 3 aromatic carbocycles. The van der Waals surface area contributed by atoms with Gasteiger partial charge < -0.3 is 14.5 Å². The summed E-state index contributed by atoms with van der Waals surface area (Å²) in [7, 11) is -1.69. The van der Waals surface area contributed by atoms with Crippen molar-refractivity contribution in [1.82, 2.24) is 4.90 Å². The maximum atomic E-state index is 14.8. The molecule has 0 saturated heterocycles. The molecule has 0 bridgehead atoms. The summed E-state index contributed by atoms with van der Waals surface area (Å²) >= 11 is 12.5. The highest BCUT2D eigenvalue weighted by atomic mass is 35.5. The summed E-state index contributed by atoms with van der Waals surface area (Å²) in [6.45, 7) is 14.2. The Morgan fingerprint density at radius 3 is 2.13 bits per heavy atom. The second kappa shape index (κ2) is 14.5. The number of unbranched alkanes of at least 4 members (excludes halogenated alkanes) is 1. The summed E-state index contributed by atoms with van der Waals surface area (Å²) in [6, 6.07) is 18.4. The minimum atomic E-state index is -1.69. The number of hydrogen-bond acceptors (Lipinski definition) is 4. The van der Waals surface area contributed by atoms with E-state index in [0.717, 1.165) is 11.1 Å². The number of esters is 1. The fourth-order valence-corrected chi connectivity index (χ4v) is 6.11. The van der Waals surface area contributed by atoms with Gasteiger partial charge in [-0.2, -0.15) is 0 Å². The molecule has 2 unspecified atom stereocenters. The van der Waals surface area contributed by atoms with Gasteiger partial charge in [-0.25, -0.2) is 0 Å². The molecule has 46 heavy (non-hydrogen) atoms. The molecule has 0 radical (unpaired) electrons. The summed E-state index contributed by atoms with van der Waals surface area (Å²) in [5, 5.41) is 1.11. The summed E-state index contributed by atoms with van der Waals surface area (Å²) in [4.78, 5) is 45.3. The Morgan fingerprint density at radius 1 is 0.935 bits per heavy atom. The molecule has 4 rings (SSSR count). The minimum Gasteiger partial charge on any atom is -0.460 e. The molecule has 1 aliphatic heterocycles. The third-order valence-corrected chi connectivity index (χ3v) is 8.88. The van der Waals surface area contributed by atoms with E-state index in [1.165, 1.54) is 0 Å². The number of carbonyl (C=O) groups excluding carboxylic acids is 3. The van der Waals surface area contributed by atoms with Crippen LogP contribution in [0, 0.1) is 11.5 Å². The van der Waals surface area contributed by atoms with Crippen LogP contribution in [-0.4, -0.2) is 42.9 Å². The molecule has 0 fully saturated rings. The van der Waals surface area contributed by atoms with E-state index in [4.69, 9.17) is 27.9 Å². The van der Waals surface area contributed by atoms with Crippen LogP contribution in [0.3, 0.4) is 0 Å². The van der Waals surface area contributed by atoms with Gasteiger partial charge in [0.05, 0.1) is 17.3 Å². The van der Waals surface area contributed by atoms with Crippen molar-refractivity contribution in [2.24, 2.45) is 0 Å². The molecule has 2 atom stereocenters. The van der Waals surface area contributed by atoms with Crippen molar-refractivity contribution in [3.05, 3.63) is 99.0 Å². The van der Waals surface area contributed by atoms with Gasteiger partial charge in [0.25, 0.3) is 11.8 Å². The first kappa shape index (κ1) is 35.3. The molecule has 6 nitrogen and oxygen atoms in total. The van der Waals surface area contributed by atoms with Crippen molar-refractivity contribution in [3.63, 3.8) is 0 Å². The van der Waals surface area contributed by atoms with Gasteiger partial charge in [-0.1, -0.05) is 73.0 Å². The molecule has 9 heteroatoms. The number of fused-ring (bicyclic) bond motifs is 1. The zero-order chi connectivity index (χ0) is 33.8. The van der Waals surface area contributed by atoms with Crippen LogP contribution >= 0.6 is 23.2 Å². The highest BCUT2D eigenvalue weighted by Gasteiger charge is 2.43. The van der Waals surface area contributed by atoms with Gasteiger partial charge >= 0.3 is 5.97 Å². The topological polar surface area (TPSA) is 66.9 Å². The summed E-state index contributed by atoms with van der Waals surface area (Å²) in [5.41, 5.74) is 5.95. The number of hydrogen-bond donors (Lipinski definition) is 0. The first-order chi connectivity index (χ1) is 21.5. The lowest BCUT2D eigenvalue weighted by atomic mass is 9.98. The van der Waals surface area contributed by atoms with Crippen molar-refractivity contribution in [3.8, 4) is 11.5 Å². The number of nitrogens with zero attached hydrogens (tertiary/aromatic N) is 2. The summed E-state index contributed by atoms with van der Waals surface area (Å²) in [5.74, 6) is 2.47. The zero-order valence-corrected chi connectivity index (χ0v) is 30.1. The normalized spacial score (nSPS) is 15.9. The maximum Gasteiger partial charge on any atom is 0.306 e. The number of halogens is 2. The maximum absolute atomic E-state index is 14.8. The molecule has 3 aromatic rings. The van der Waals surface area contributed by atoms with Crippen LogP contribution < -0.4 is 4.90 Å². The molecule has 1 aliphatic rings. The first-order valence-corrected chi connectivity index (χ1v) is 19.8. The summed E-state index contributed by atoms with van der Waals surface area (Å²) in [6.07, 6.45) is 1.30. The molecule has 242 valence electrons. The lowest BCUT2D eigenvalue weighted by molar-refractivity contribution is -0.154. The Kier molecular flexibility index (Phi) is 11.1. The fraction of sp³-hybridized carbons (Fsp3) is 0.378. The lowest BCUT2D eigenvalue weighted by Gasteiger charge is -2.36. The van der Waals surface area contributed by atoms with E-state index in [1.54, 1.807) is 52.3 Å². The van der Waals surface area contributed by atoms with Crippen LogP contribution in [0.15, 0.2) is 66.7 Å². The average molecular weight is 678 g/mol. The van der Waals surface area contributed by atoms with Crippen molar-refractivity contribution in [1.29, 1.82) is 0 Å². The summed E-state index contributed by atoms with van der Waals surface area (Å²) < 4.78 is 5.48. The first-order valence-electron chi connectivity index (χ1n) is 15.6. The second-order valence-corrected chi connectivity index (χ2v) is 19.3. The van der Waals surface area contributed by atoms with E-state index >= 15 is 0 Å². The van der Waals surface area contributed by atoms with Gasteiger partial charge in [0.2, 0.25) is 0 Å². The van der Waals surface area contributed by atoms with Gasteiger partial charge in [-0.05, 0) is 94.1 Å². The smallest absolute Gasteiger partial charge is 0.306 e. The van der Waals surface area contributed by atoms with Gasteiger partial charge in [-0.15, -0.1) is 5.54 Å². The zero-order valence-electron chi connectivity index (χ0n) is 27.6. The largest absolute Gasteiger partial charge is 0.460 e. The molecular weight excluding hydrogens is 635 g/mol. The number of rotatable bonds is 8. The Bertz CT molecular complexity index is 1650. The predicted octanol–water partition coefficient (Wildman–Crippen LogP) is 9.03. The molecule has 0 N–H and O–H groups in total. The predicted molar refractivity (Wildman–Crippen MR) is 189 cm³/mol. The molecule has 0 spiro atoms. The Balaban J connectivity index is 1.82. The van der Waals surface area contributed by atoms with E-state index in [0.29, 0.717) is 46.2 Å². The van der Waals surface area contributed by atoms with E-state index in [-0.39, 0.29) is 24.2 Å². The van der Waals surface area contributed by atoms with Crippen LogP contribution in [0.1, 0.15) is 86.1 Å². The van der Waals surface area contributed by atoms with Crippen molar-refractivity contribution in [2.75, 3.05) is 11.4 Å². The van der Waals surface area contributed by atoms with E-state index in [2.05, 4.69) is 31.1 Å². The van der Waals surface area contributed by atoms with E-state index in [9.17, 15) is 14.4 Å². The number of benzene rings is 3. The molecule has 0 aromatic heterocycles. The molecule has 1 heterocycles. The highest BCUT2D eigenvalue weighted by Crippen LogP contribution is 2.40. The van der Waals surface area contributed by atoms with Crippen LogP contribution in [0.4, 0.5) is 5.69 Å². The SMILES string of the molecule is CC(c1ccc(Cl)cc1)N1C(=O)c2cc(C#C[Si](C)(C)C)ccc2N(CCCCC(=O)OC(C)(C)C)C(=O)C1c1ccc(Cl)cc1. The average Bonchev–Trinajstić information content (AvgIpc) is 3.06. The molecular formula is C37H42Cl2N2O4Si. The van der Waals surface area contributed by atoms with Crippen LogP contribution in [-0.2, 0) is 14.3 Å². The van der Waals surface area contributed by atoms with Gasteiger partial charge in [0.15, 0.2) is 0 Å².